The van der Waals surface area contributed by atoms with Gasteiger partial charge in [0.05, 0.1) is 20.8 Å². The van der Waals surface area contributed by atoms with E-state index in [0.29, 0.717) is 10.9 Å². The minimum Gasteiger partial charge on any atom is -0.310 e. The third-order valence-electron chi connectivity index (χ3n) is 5.11. The smallest absolute Gasteiger partial charge is 0.269 e. The fraction of sp³-hybridized carbons (Fsp3) is 0.150. The summed E-state index contributed by atoms with van der Waals surface area (Å²) in [5.41, 5.74) is 3.17. The van der Waals surface area contributed by atoms with Gasteiger partial charge in [-0.25, -0.2) is 4.98 Å². The summed E-state index contributed by atoms with van der Waals surface area (Å²) in [7, 11) is 0. The summed E-state index contributed by atoms with van der Waals surface area (Å²) in [4.78, 5) is 28.0. The van der Waals surface area contributed by atoms with Gasteiger partial charge in [-0.1, -0.05) is 39.4 Å². The van der Waals surface area contributed by atoms with Crippen molar-refractivity contribution in [3.05, 3.63) is 73.9 Å². The van der Waals surface area contributed by atoms with Gasteiger partial charge in [0.25, 0.3) is 5.69 Å². The van der Waals surface area contributed by atoms with Crippen LogP contribution in [0, 0.1) is 17.0 Å². The highest BCUT2D eigenvalue weighted by molar-refractivity contribution is 9.10. The monoisotopic (exact) mass is 483 g/mol. The number of thiazole rings is 1. The first kappa shape index (κ1) is 18.9. The zero-order valence-electron chi connectivity index (χ0n) is 15.6. The summed E-state index contributed by atoms with van der Waals surface area (Å²) in [6.07, 6.45) is 0.202. The maximum Gasteiger partial charge on any atom is 0.269 e. The summed E-state index contributed by atoms with van der Waals surface area (Å²) in [6.45, 7) is 1.88. The minimum absolute atomic E-state index is 0.00169. The summed E-state index contributed by atoms with van der Waals surface area (Å²) in [6, 6.07) is 12.3. The fourth-order valence-electron chi connectivity index (χ4n) is 3.80. The molecule has 0 fully saturated rings. The molecule has 1 aliphatic rings. The highest BCUT2D eigenvalue weighted by Crippen LogP contribution is 2.41. The number of carbonyl (C=O) groups is 1. The number of aryl methyl sites for hydroxylation is 1. The van der Waals surface area contributed by atoms with E-state index in [-0.39, 0.29) is 23.9 Å². The standard InChI is InChI=1S/C20H14BrN5O3S/c1-10-18-14(11-3-2-4-13(7-11)26(28)29)9-17(27)23-19(18)25(24-10)20-22-15-6-5-12(21)8-16(15)30-20/h2-8,14H,9H2,1H3,(H,23,27)/t14-/m0/s1. The van der Waals surface area contributed by atoms with Crippen molar-refractivity contribution in [3.8, 4) is 5.13 Å². The zero-order valence-corrected chi connectivity index (χ0v) is 18.0. The predicted octanol–water partition coefficient (Wildman–Crippen LogP) is 4.94. The van der Waals surface area contributed by atoms with Crippen molar-refractivity contribution in [3.63, 3.8) is 0 Å². The first-order chi connectivity index (χ1) is 14.4. The van der Waals surface area contributed by atoms with E-state index in [1.807, 2.05) is 31.2 Å². The van der Waals surface area contributed by atoms with E-state index >= 15 is 0 Å². The van der Waals surface area contributed by atoms with Gasteiger partial charge in [0, 0.05) is 34.5 Å². The number of anilines is 1. The number of halogens is 1. The molecule has 3 heterocycles. The number of nitro benzene ring substituents is 1. The molecule has 1 N–H and O–H groups in total. The Morgan fingerprint density at radius 1 is 1.30 bits per heavy atom. The van der Waals surface area contributed by atoms with Crippen LogP contribution in [0.25, 0.3) is 15.3 Å². The third-order valence-corrected chi connectivity index (χ3v) is 6.59. The van der Waals surface area contributed by atoms with Gasteiger partial charge in [-0.2, -0.15) is 9.78 Å². The van der Waals surface area contributed by atoms with Crippen molar-refractivity contribution in [2.75, 3.05) is 5.32 Å². The van der Waals surface area contributed by atoms with E-state index in [1.54, 1.807) is 10.7 Å². The van der Waals surface area contributed by atoms with Gasteiger partial charge in [0.2, 0.25) is 11.0 Å². The van der Waals surface area contributed by atoms with Crippen LogP contribution in [0.2, 0.25) is 0 Å². The number of hydrogen-bond donors (Lipinski definition) is 1. The molecule has 0 saturated carbocycles. The zero-order chi connectivity index (χ0) is 21.0. The maximum absolute atomic E-state index is 12.5. The van der Waals surface area contributed by atoms with Gasteiger partial charge in [-0.05, 0) is 30.7 Å². The second kappa shape index (κ2) is 6.99. The van der Waals surface area contributed by atoms with E-state index in [1.165, 1.54) is 23.5 Å². The highest BCUT2D eigenvalue weighted by Gasteiger charge is 2.33. The van der Waals surface area contributed by atoms with Gasteiger partial charge < -0.3 is 5.32 Å². The van der Waals surface area contributed by atoms with Gasteiger partial charge in [-0.15, -0.1) is 0 Å². The largest absolute Gasteiger partial charge is 0.310 e. The van der Waals surface area contributed by atoms with Crippen LogP contribution in [0.1, 0.15) is 29.2 Å². The molecular weight excluding hydrogens is 470 g/mol. The SMILES string of the molecule is Cc1nn(-c2nc3ccc(Br)cc3s2)c2c1[C@H](c1cccc([N+](=O)[O-])c1)CC(=O)N2. The molecule has 0 bridgehead atoms. The number of hydrogen-bond acceptors (Lipinski definition) is 6. The number of fused-ring (bicyclic) bond motifs is 2. The normalized spacial score (nSPS) is 15.8. The van der Waals surface area contributed by atoms with Crippen LogP contribution in [-0.2, 0) is 4.79 Å². The van der Waals surface area contributed by atoms with Gasteiger partial charge in [-0.3, -0.25) is 14.9 Å². The molecule has 2 aromatic carbocycles. The first-order valence-electron chi connectivity index (χ1n) is 9.11. The lowest BCUT2D eigenvalue weighted by atomic mass is 9.85. The van der Waals surface area contributed by atoms with Crippen LogP contribution in [0.15, 0.2) is 46.9 Å². The van der Waals surface area contributed by atoms with Crippen LogP contribution in [0.5, 0.6) is 0 Å². The average Bonchev–Trinajstić information content (AvgIpc) is 3.28. The number of nitrogens with zero attached hydrogens (tertiary/aromatic N) is 4. The van der Waals surface area contributed by atoms with Crippen molar-refractivity contribution in [1.82, 2.24) is 14.8 Å². The summed E-state index contributed by atoms with van der Waals surface area (Å²) in [5, 5.41) is 19.4. The van der Waals surface area contributed by atoms with Gasteiger partial charge >= 0.3 is 0 Å². The molecular formula is C20H14BrN5O3S. The molecule has 30 heavy (non-hydrogen) atoms. The average molecular weight is 484 g/mol. The number of nitrogens with one attached hydrogen (secondary N) is 1. The Bertz CT molecular complexity index is 1350. The molecule has 0 unspecified atom stereocenters. The summed E-state index contributed by atoms with van der Waals surface area (Å²) < 4.78 is 3.62. The topological polar surface area (TPSA) is 103 Å². The lowest BCUT2D eigenvalue weighted by molar-refractivity contribution is -0.384. The Hall–Kier alpha value is -3.11. The molecule has 0 aliphatic carbocycles. The Balaban J connectivity index is 1.66. The number of amides is 1. The lowest BCUT2D eigenvalue weighted by Gasteiger charge is -2.24. The van der Waals surface area contributed by atoms with Crippen molar-refractivity contribution in [1.29, 1.82) is 0 Å². The van der Waals surface area contributed by atoms with Crippen LogP contribution in [0.4, 0.5) is 11.5 Å². The fourth-order valence-corrected chi connectivity index (χ4v) is 5.28. The van der Waals surface area contributed by atoms with E-state index in [9.17, 15) is 14.9 Å². The molecule has 0 radical (unpaired) electrons. The number of carbonyl (C=O) groups excluding carboxylic acids is 1. The number of nitro groups is 1. The molecule has 150 valence electrons. The predicted molar refractivity (Wildman–Crippen MR) is 117 cm³/mol. The van der Waals surface area contributed by atoms with E-state index in [0.717, 1.165) is 31.5 Å². The van der Waals surface area contributed by atoms with Crippen LogP contribution in [-0.4, -0.2) is 25.6 Å². The van der Waals surface area contributed by atoms with Crippen molar-refractivity contribution in [2.24, 2.45) is 0 Å². The Morgan fingerprint density at radius 3 is 2.93 bits per heavy atom. The Labute approximate surface area is 182 Å². The number of aromatic nitrogens is 3. The molecule has 4 aromatic rings. The molecule has 1 aliphatic heterocycles. The van der Waals surface area contributed by atoms with Gasteiger partial charge in [0.1, 0.15) is 5.82 Å². The van der Waals surface area contributed by atoms with Crippen LogP contribution < -0.4 is 5.32 Å². The van der Waals surface area contributed by atoms with Crippen molar-refractivity contribution < 1.29 is 9.72 Å². The molecule has 1 atom stereocenters. The van der Waals surface area contributed by atoms with Crippen LogP contribution in [0.3, 0.4) is 0 Å². The van der Waals surface area contributed by atoms with Crippen LogP contribution >= 0.6 is 27.3 Å². The quantitative estimate of drug-likeness (QED) is 0.328. The molecule has 5 rings (SSSR count). The summed E-state index contributed by atoms with van der Waals surface area (Å²) in [5.74, 6) is 0.0910. The number of benzene rings is 2. The van der Waals surface area contributed by atoms with E-state index < -0.39 is 4.92 Å². The third kappa shape index (κ3) is 3.08. The second-order valence-electron chi connectivity index (χ2n) is 7.02. The lowest BCUT2D eigenvalue weighted by Crippen LogP contribution is -2.25. The second-order valence-corrected chi connectivity index (χ2v) is 8.95. The molecule has 10 heteroatoms. The highest BCUT2D eigenvalue weighted by atomic mass is 79.9. The Kier molecular flexibility index (Phi) is 4.40. The summed E-state index contributed by atoms with van der Waals surface area (Å²) >= 11 is 4.95. The molecule has 1 amide bonds. The van der Waals surface area contributed by atoms with E-state index in [2.05, 4.69) is 31.3 Å². The first-order valence-corrected chi connectivity index (χ1v) is 10.7. The maximum atomic E-state index is 12.5. The van der Waals surface area contributed by atoms with Crippen molar-refractivity contribution in [2.45, 2.75) is 19.3 Å². The molecule has 0 spiro atoms. The molecule has 8 nitrogen and oxygen atoms in total. The molecule has 0 saturated heterocycles. The molecule has 2 aromatic heterocycles. The van der Waals surface area contributed by atoms with Crippen molar-refractivity contribution >= 4 is 54.9 Å². The van der Waals surface area contributed by atoms with Gasteiger partial charge in [0.15, 0.2) is 0 Å². The Morgan fingerprint density at radius 2 is 2.13 bits per heavy atom. The minimum atomic E-state index is -0.428. The number of non-ortho nitro benzene ring substituents is 1. The number of rotatable bonds is 3. The van der Waals surface area contributed by atoms with E-state index in [4.69, 9.17) is 0 Å².